The number of benzene rings is 1. The lowest BCUT2D eigenvalue weighted by molar-refractivity contribution is 0.0322. The fourth-order valence-electron chi connectivity index (χ4n) is 2.23. The molecule has 106 valence electrons. The molecule has 2 rings (SSSR count). The first-order valence-electron chi connectivity index (χ1n) is 6.96. The summed E-state index contributed by atoms with van der Waals surface area (Å²) in [7, 11) is 0. The lowest BCUT2D eigenvalue weighted by atomic mass is 10.1. The lowest BCUT2D eigenvalue weighted by Crippen LogP contribution is -2.38. The zero-order chi connectivity index (χ0) is 13.7. The maximum Gasteiger partial charge on any atom is 0.122 e. The quantitative estimate of drug-likeness (QED) is 0.880. The van der Waals surface area contributed by atoms with Crippen LogP contribution in [0.25, 0.3) is 0 Å². The molecular formula is C15H24N2O2. The summed E-state index contributed by atoms with van der Waals surface area (Å²) in [4.78, 5) is 2.37. The first-order chi connectivity index (χ1) is 9.16. The van der Waals surface area contributed by atoms with Crippen LogP contribution in [0.5, 0.6) is 5.75 Å². The summed E-state index contributed by atoms with van der Waals surface area (Å²) in [5.74, 6) is 0.956. The molecule has 1 aromatic rings. The Morgan fingerprint density at radius 2 is 2.11 bits per heavy atom. The molecular weight excluding hydrogens is 240 g/mol. The van der Waals surface area contributed by atoms with E-state index in [-0.39, 0.29) is 6.04 Å². The normalized spacial score (nSPS) is 18.3. The van der Waals surface area contributed by atoms with Crippen LogP contribution >= 0.6 is 0 Å². The van der Waals surface area contributed by atoms with Crippen molar-refractivity contribution in [2.24, 2.45) is 5.73 Å². The predicted molar refractivity (Wildman–Crippen MR) is 76.5 cm³/mol. The molecule has 0 saturated carbocycles. The van der Waals surface area contributed by atoms with E-state index in [9.17, 15) is 0 Å². The van der Waals surface area contributed by atoms with Gasteiger partial charge in [-0.05, 0) is 31.0 Å². The van der Waals surface area contributed by atoms with Crippen molar-refractivity contribution in [1.82, 2.24) is 4.90 Å². The van der Waals surface area contributed by atoms with Gasteiger partial charge in [-0.15, -0.1) is 0 Å². The molecule has 1 aliphatic rings. The van der Waals surface area contributed by atoms with Gasteiger partial charge in [0.25, 0.3) is 0 Å². The van der Waals surface area contributed by atoms with Gasteiger partial charge in [-0.2, -0.15) is 0 Å². The van der Waals surface area contributed by atoms with Gasteiger partial charge < -0.3 is 15.2 Å². The maximum absolute atomic E-state index is 5.87. The molecule has 0 aliphatic carbocycles. The van der Waals surface area contributed by atoms with Crippen LogP contribution in [0.2, 0.25) is 0 Å². The number of hydrogen-bond acceptors (Lipinski definition) is 4. The highest BCUT2D eigenvalue weighted by Gasteiger charge is 2.10. The van der Waals surface area contributed by atoms with Crippen LogP contribution in [0.3, 0.4) is 0 Å². The molecule has 1 aromatic carbocycles. The van der Waals surface area contributed by atoms with Crippen molar-refractivity contribution in [3.05, 3.63) is 29.3 Å². The molecule has 0 amide bonds. The number of morpholine rings is 1. The highest BCUT2D eigenvalue weighted by Crippen LogP contribution is 2.21. The molecule has 19 heavy (non-hydrogen) atoms. The van der Waals surface area contributed by atoms with Crippen LogP contribution in [0.15, 0.2) is 18.2 Å². The minimum Gasteiger partial charge on any atom is -0.492 e. The van der Waals surface area contributed by atoms with E-state index >= 15 is 0 Å². The van der Waals surface area contributed by atoms with E-state index in [1.165, 1.54) is 0 Å². The summed E-state index contributed by atoms with van der Waals surface area (Å²) in [6.45, 7) is 9.42. The Labute approximate surface area is 115 Å². The first kappa shape index (κ1) is 14.3. The van der Waals surface area contributed by atoms with Crippen molar-refractivity contribution in [1.29, 1.82) is 0 Å². The van der Waals surface area contributed by atoms with Crippen molar-refractivity contribution < 1.29 is 9.47 Å². The Bertz CT molecular complexity index is 401. The molecule has 0 spiro atoms. The molecule has 4 heteroatoms. The molecule has 2 N–H and O–H groups in total. The molecule has 1 heterocycles. The smallest absolute Gasteiger partial charge is 0.122 e. The highest BCUT2D eigenvalue weighted by atomic mass is 16.5. The third-order valence-corrected chi connectivity index (χ3v) is 3.49. The highest BCUT2D eigenvalue weighted by molar-refractivity contribution is 5.37. The number of ether oxygens (including phenoxy) is 2. The largest absolute Gasteiger partial charge is 0.492 e. The third kappa shape index (κ3) is 4.20. The summed E-state index contributed by atoms with van der Waals surface area (Å²) < 4.78 is 11.2. The number of rotatable bonds is 5. The van der Waals surface area contributed by atoms with Crippen molar-refractivity contribution in [3.63, 3.8) is 0 Å². The second-order valence-electron chi connectivity index (χ2n) is 5.12. The molecule has 0 aromatic heterocycles. The van der Waals surface area contributed by atoms with Crippen LogP contribution in [-0.2, 0) is 4.74 Å². The Hall–Kier alpha value is -1.10. The third-order valence-electron chi connectivity index (χ3n) is 3.49. The van der Waals surface area contributed by atoms with E-state index in [0.29, 0.717) is 0 Å². The van der Waals surface area contributed by atoms with E-state index < -0.39 is 0 Å². The predicted octanol–water partition coefficient (Wildman–Crippen LogP) is 1.73. The van der Waals surface area contributed by atoms with Crippen LogP contribution in [0.1, 0.15) is 24.1 Å². The fraction of sp³-hybridized carbons (Fsp3) is 0.600. The van der Waals surface area contributed by atoms with E-state index in [1.807, 2.05) is 19.1 Å². The topological polar surface area (TPSA) is 47.7 Å². The summed E-state index contributed by atoms with van der Waals surface area (Å²) in [5.41, 5.74) is 8.17. The van der Waals surface area contributed by atoms with Gasteiger partial charge in [0.1, 0.15) is 12.4 Å². The second kappa shape index (κ2) is 6.89. The Balaban J connectivity index is 1.82. The first-order valence-corrected chi connectivity index (χ1v) is 6.96. The van der Waals surface area contributed by atoms with Gasteiger partial charge in [0, 0.05) is 25.7 Å². The monoisotopic (exact) mass is 264 g/mol. The molecule has 1 fully saturated rings. The van der Waals surface area contributed by atoms with Gasteiger partial charge in [-0.25, -0.2) is 0 Å². The average Bonchev–Trinajstić information content (AvgIpc) is 2.41. The van der Waals surface area contributed by atoms with Crippen molar-refractivity contribution in [3.8, 4) is 5.75 Å². The van der Waals surface area contributed by atoms with Gasteiger partial charge in [-0.3, -0.25) is 4.90 Å². The number of aryl methyl sites for hydroxylation is 1. The van der Waals surface area contributed by atoms with E-state index in [2.05, 4.69) is 17.9 Å². The maximum atomic E-state index is 5.87. The van der Waals surface area contributed by atoms with Crippen molar-refractivity contribution in [2.75, 3.05) is 39.5 Å². The van der Waals surface area contributed by atoms with Gasteiger partial charge in [0.2, 0.25) is 0 Å². The minimum absolute atomic E-state index is 0.0705. The molecule has 4 nitrogen and oxygen atoms in total. The Morgan fingerprint density at radius 3 is 2.74 bits per heavy atom. The van der Waals surface area contributed by atoms with Crippen LogP contribution < -0.4 is 10.5 Å². The summed E-state index contributed by atoms with van der Waals surface area (Å²) in [6, 6.07) is 6.24. The van der Waals surface area contributed by atoms with Gasteiger partial charge in [0.05, 0.1) is 13.2 Å². The molecule has 1 unspecified atom stereocenters. The van der Waals surface area contributed by atoms with E-state index in [0.717, 1.165) is 56.3 Å². The van der Waals surface area contributed by atoms with Gasteiger partial charge >= 0.3 is 0 Å². The molecule has 0 radical (unpaired) electrons. The summed E-state index contributed by atoms with van der Waals surface area (Å²) >= 11 is 0. The summed E-state index contributed by atoms with van der Waals surface area (Å²) in [6.07, 6.45) is 0. The number of nitrogens with zero attached hydrogens (tertiary/aromatic N) is 1. The van der Waals surface area contributed by atoms with E-state index in [1.54, 1.807) is 0 Å². The Kier molecular flexibility index (Phi) is 5.19. The second-order valence-corrected chi connectivity index (χ2v) is 5.12. The number of nitrogens with two attached hydrogens (primary N) is 1. The van der Waals surface area contributed by atoms with Crippen LogP contribution in [0, 0.1) is 6.92 Å². The van der Waals surface area contributed by atoms with Gasteiger partial charge in [-0.1, -0.05) is 12.1 Å². The van der Waals surface area contributed by atoms with E-state index in [4.69, 9.17) is 15.2 Å². The zero-order valence-corrected chi connectivity index (χ0v) is 11.9. The molecule has 1 saturated heterocycles. The minimum atomic E-state index is 0.0705. The van der Waals surface area contributed by atoms with Crippen LogP contribution in [-0.4, -0.2) is 44.4 Å². The molecule has 1 atom stereocenters. The standard InChI is InChI=1S/C15H24N2O2/c1-12-11-14(13(2)16)3-4-15(12)19-10-7-17-5-8-18-9-6-17/h3-4,11,13H,5-10,16H2,1-2H3. The molecule has 1 aliphatic heterocycles. The lowest BCUT2D eigenvalue weighted by Gasteiger charge is -2.26. The SMILES string of the molecule is Cc1cc(C(C)N)ccc1OCCN1CCOCC1. The average molecular weight is 264 g/mol. The summed E-state index contributed by atoms with van der Waals surface area (Å²) in [5, 5.41) is 0. The van der Waals surface area contributed by atoms with Crippen LogP contribution in [0.4, 0.5) is 0 Å². The fourth-order valence-corrected chi connectivity index (χ4v) is 2.23. The zero-order valence-electron chi connectivity index (χ0n) is 11.9. The van der Waals surface area contributed by atoms with Crippen molar-refractivity contribution >= 4 is 0 Å². The Morgan fingerprint density at radius 1 is 1.37 bits per heavy atom. The van der Waals surface area contributed by atoms with Gasteiger partial charge in [0.15, 0.2) is 0 Å². The molecule has 0 bridgehead atoms. The van der Waals surface area contributed by atoms with Crippen molar-refractivity contribution in [2.45, 2.75) is 19.9 Å². The number of hydrogen-bond donors (Lipinski definition) is 1.